The van der Waals surface area contributed by atoms with E-state index in [0.717, 1.165) is 28.5 Å². The van der Waals surface area contributed by atoms with Crippen LogP contribution in [-0.4, -0.2) is 88.7 Å². The van der Waals surface area contributed by atoms with Crippen molar-refractivity contribution in [1.29, 1.82) is 5.26 Å². The van der Waals surface area contributed by atoms with Crippen LogP contribution in [0.4, 0.5) is 5.82 Å². The summed E-state index contributed by atoms with van der Waals surface area (Å²) >= 11 is 0. The molecule has 2 amide bonds. The van der Waals surface area contributed by atoms with Gasteiger partial charge >= 0.3 is 6.01 Å². The van der Waals surface area contributed by atoms with Crippen LogP contribution in [-0.2, 0) is 9.59 Å². The van der Waals surface area contributed by atoms with Crippen LogP contribution in [0.2, 0.25) is 0 Å². The molecule has 0 unspecified atom stereocenters. The average molecular weight is 515 g/mol. The smallest absolute Gasteiger partial charge is 0.319 e. The molecule has 11 heteroatoms. The number of fused-ring (bicyclic) bond motifs is 1. The predicted molar refractivity (Wildman–Crippen MR) is 141 cm³/mol. The van der Waals surface area contributed by atoms with Crippen molar-refractivity contribution in [3.8, 4) is 23.3 Å². The summed E-state index contributed by atoms with van der Waals surface area (Å²) in [7, 11) is 3.39. The van der Waals surface area contributed by atoms with Gasteiger partial charge in [-0.15, -0.1) is 0 Å². The van der Waals surface area contributed by atoms with Gasteiger partial charge in [0.25, 0.3) is 0 Å². The molecule has 196 valence electrons. The number of nitrogens with zero attached hydrogens (tertiary/aromatic N) is 7. The zero-order valence-electron chi connectivity index (χ0n) is 21.8. The number of H-pyrrole nitrogens is 1. The highest BCUT2D eigenvalue weighted by Gasteiger charge is 2.49. The maximum Gasteiger partial charge on any atom is 0.319 e. The lowest BCUT2D eigenvalue weighted by molar-refractivity contribution is -0.136. The molecule has 1 aromatic carbocycles. The number of aromatic amines is 1. The minimum absolute atomic E-state index is 0.0455. The SMILES string of the molecule is C=CC(=O)N1CC2(CCN(c3nc(OCCC(=O)N(C)C)nc(-c4c(C)ccc5[nH]ncc45)c3C#N)C2)C1. The number of anilines is 1. The molecule has 0 aliphatic carbocycles. The highest BCUT2D eigenvalue weighted by Crippen LogP contribution is 2.43. The minimum Gasteiger partial charge on any atom is -0.463 e. The fourth-order valence-electron chi connectivity index (χ4n) is 5.32. The molecule has 0 saturated carbocycles. The fraction of sp³-hybridized carbons (Fsp3) is 0.407. The average Bonchev–Trinajstić information content (AvgIpc) is 3.54. The molecule has 0 radical (unpaired) electrons. The van der Waals surface area contributed by atoms with Crippen LogP contribution in [0, 0.1) is 23.7 Å². The molecule has 3 aromatic rings. The molecule has 2 aliphatic rings. The number of ether oxygens (including phenoxy) is 1. The lowest BCUT2D eigenvalue weighted by atomic mass is 9.79. The third-order valence-corrected chi connectivity index (χ3v) is 7.37. The van der Waals surface area contributed by atoms with Crippen LogP contribution in [0.15, 0.2) is 31.0 Å². The van der Waals surface area contributed by atoms with Gasteiger partial charge in [-0.3, -0.25) is 14.7 Å². The first-order valence-corrected chi connectivity index (χ1v) is 12.5. The van der Waals surface area contributed by atoms with Gasteiger partial charge < -0.3 is 19.4 Å². The number of likely N-dealkylation sites (tertiary alicyclic amines) is 1. The first-order valence-electron chi connectivity index (χ1n) is 12.5. The third kappa shape index (κ3) is 4.42. The Kier molecular flexibility index (Phi) is 6.48. The first-order chi connectivity index (χ1) is 18.2. The van der Waals surface area contributed by atoms with E-state index in [4.69, 9.17) is 4.74 Å². The van der Waals surface area contributed by atoms with Crippen molar-refractivity contribution in [2.24, 2.45) is 5.41 Å². The second kappa shape index (κ2) is 9.78. The highest BCUT2D eigenvalue weighted by atomic mass is 16.5. The minimum atomic E-state index is -0.0669. The zero-order valence-corrected chi connectivity index (χ0v) is 21.8. The van der Waals surface area contributed by atoms with Crippen LogP contribution in [0.3, 0.4) is 0 Å². The van der Waals surface area contributed by atoms with Gasteiger partial charge in [0.05, 0.1) is 23.8 Å². The summed E-state index contributed by atoms with van der Waals surface area (Å²) in [5.74, 6) is 0.364. The maximum absolute atomic E-state index is 12.1. The number of hydrogen-bond donors (Lipinski definition) is 1. The van der Waals surface area contributed by atoms with Crippen molar-refractivity contribution >= 4 is 28.5 Å². The quantitative estimate of drug-likeness (QED) is 0.475. The molecule has 2 aliphatic heterocycles. The number of aryl methyl sites for hydroxylation is 1. The molecule has 1 spiro atoms. The highest BCUT2D eigenvalue weighted by molar-refractivity contribution is 5.97. The van der Waals surface area contributed by atoms with Crippen LogP contribution in [0.1, 0.15) is 24.0 Å². The Morgan fingerprint density at radius 2 is 2.08 bits per heavy atom. The number of amides is 2. The van der Waals surface area contributed by atoms with Crippen molar-refractivity contribution in [1.82, 2.24) is 30.0 Å². The number of benzene rings is 1. The van der Waals surface area contributed by atoms with Gasteiger partial charge in [0.15, 0.2) is 5.82 Å². The third-order valence-electron chi connectivity index (χ3n) is 7.37. The predicted octanol–water partition coefficient (Wildman–Crippen LogP) is 2.28. The molecule has 2 aromatic heterocycles. The van der Waals surface area contributed by atoms with Gasteiger partial charge in [-0.25, -0.2) is 0 Å². The summed E-state index contributed by atoms with van der Waals surface area (Å²) < 4.78 is 5.88. The van der Waals surface area contributed by atoms with Crippen molar-refractivity contribution in [3.63, 3.8) is 0 Å². The second-order valence-electron chi connectivity index (χ2n) is 10.2. The lowest BCUT2D eigenvalue weighted by Crippen LogP contribution is -2.59. The molecule has 2 fully saturated rings. The van der Waals surface area contributed by atoms with E-state index in [2.05, 4.69) is 37.7 Å². The Morgan fingerprint density at radius 1 is 1.29 bits per heavy atom. The van der Waals surface area contributed by atoms with Gasteiger partial charge in [0, 0.05) is 56.6 Å². The molecule has 5 rings (SSSR count). The summed E-state index contributed by atoms with van der Waals surface area (Å²) in [6.07, 6.45) is 4.12. The topological polar surface area (TPSA) is 131 Å². The van der Waals surface area contributed by atoms with E-state index < -0.39 is 0 Å². The van der Waals surface area contributed by atoms with Gasteiger partial charge in [-0.05, 0) is 31.1 Å². The standard InChI is InChI=1S/C27H30N8O3/c1-5-21(36)35-15-27(16-35)9-10-34(14-27)25-18(12-28)24(23-17(2)6-7-20-19(23)13-29-32-20)30-26(31-25)38-11-8-22(37)33(3)4/h5-7,13H,1,8-11,14-16H2,2-4H3,(H,29,32). The molecular weight excluding hydrogens is 484 g/mol. The van der Waals surface area contributed by atoms with Crippen molar-refractivity contribution in [2.45, 2.75) is 19.8 Å². The molecule has 2 saturated heterocycles. The Labute approximate surface area is 220 Å². The molecule has 4 heterocycles. The van der Waals surface area contributed by atoms with Gasteiger partial charge in [-0.2, -0.15) is 20.3 Å². The zero-order chi connectivity index (χ0) is 27.0. The number of carbonyl (C=O) groups is 2. The van der Waals surface area contributed by atoms with Crippen LogP contribution in [0.5, 0.6) is 6.01 Å². The van der Waals surface area contributed by atoms with E-state index in [1.54, 1.807) is 25.2 Å². The van der Waals surface area contributed by atoms with E-state index in [1.807, 2.05) is 19.1 Å². The van der Waals surface area contributed by atoms with E-state index in [-0.39, 0.29) is 36.3 Å². The fourth-order valence-corrected chi connectivity index (χ4v) is 5.32. The van der Waals surface area contributed by atoms with Crippen LogP contribution in [0.25, 0.3) is 22.2 Å². The molecule has 1 N–H and O–H groups in total. The number of nitrogens with one attached hydrogen (secondary N) is 1. The van der Waals surface area contributed by atoms with E-state index in [9.17, 15) is 14.9 Å². The van der Waals surface area contributed by atoms with Gasteiger partial charge in [-0.1, -0.05) is 12.6 Å². The molecular formula is C27H30N8O3. The lowest BCUT2D eigenvalue weighted by Gasteiger charge is -2.47. The van der Waals surface area contributed by atoms with Crippen molar-refractivity contribution < 1.29 is 14.3 Å². The monoisotopic (exact) mass is 514 g/mol. The molecule has 0 bridgehead atoms. The van der Waals surface area contributed by atoms with Gasteiger partial charge in [0.2, 0.25) is 11.8 Å². The van der Waals surface area contributed by atoms with Crippen LogP contribution >= 0.6 is 0 Å². The number of hydrogen-bond acceptors (Lipinski definition) is 8. The summed E-state index contributed by atoms with van der Waals surface area (Å²) in [5, 5.41) is 18.4. The molecule has 11 nitrogen and oxygen atoms in total. The number of nitriles is 1. The second-order valence-corrected chi connectivity index (χ2v) is 10.2. The summed E-state index contributed by atoms with van der Waals surface area (Å²) in [6.45, 7) is 8.31. The van der Waals surface area contributed by atoms with E-state index >= 15 is 0 Å². The summed E-state index contributed by atoms with van der Waals surface area (Å²) in [4.78, 5) is 38.8. The Balaban J connectivity index is 1.53. The largest absolute Gasteiger partial charge is 0.463 e. The Hall–Kier alpha value is -4.46. The summed E-state index contributed by atoms with van der Waals surface area (Å²) in [6, 6.07) is 6.36. The maximum atomic E-state index is 12.1. The molecule has 38 heavy (non-hydrogen) atoms. The first kappa shape index (κ1) is 25.2. The molecule has 0 atom stereocenters. The number of carbonyl (C=O) groups excluding carboxylic acids is 2. The van der Waals surface area contributed by atoms with E-state index in [0.29, 0.717) is 43.3 Å². The normalized spacial score (nSPS) is 15.8. The van der Waals surface area contributed by atoms with Crippen LogP contribution < -0.4 is 9.64 Å². The van der Waals surface area contributed by atoms with Gasteiger partial charge in [0.1, 0.15) is 18.2 Å². The Bertz CT molecular complexity index is 1460. The van der Waals surface area contributed by atoms with E-state index in [1.165, 1.54) is 11.0 Å². The summed E-state index contributed by atoms with van der Waals surface area (Å²) in [5.41, 5.74) is 3.32. The van der Waals surface area contributed by atoms with Crippen molar-refractivity contribution in [2.75, 3.05) is 51.8 Å². The van der Waals surface area contributed by atoms with Crippen molar-refractivity contribution in [3.05, 3.63) is 42.1 Å². The number of rotatable bonds is 7. The Morgan fingerprint density at radius 3 is 2.79 bits per heavy atom. The number of aromatic nitrogens is 4.